The Labute approximate surface area is 206 Å². The van der Waals surface area contributed by atoms with E-state index in [1.807, 2.05) is 33.9 Å². The minimum absolute atomic E-state index is 0.223. The van der Waals surface area contributed by atoms with Crippen LogP contribution < -0.4 is 0 Å². The lowest BCUT2D eigenvalue weighted by Crippen LogP contribution is -2.63. The van der Waals surface area contributed by atoms with Gasteiger partial charge in [-0.3, -0.25) is 0 Å². The summed E-state index contributed by atoms with van der Waals surface area (Å²) in [6.45, 7) is 9.76. The van der Waals surface area contributed by atoms with Crippen molar-refractivity contribution in [1.29, 1.82) is 0 Å². The predicted octanol–water partition coefficient (Wildman–Crippen LogP) is 3.54. The lowest BCUT2D eigenvalue weighted by molar-refractivity contribution is -0.282. The van der Waals surface area contributed by atoms with Gasteiger partial charge < -0.3 is 28.8 Å². The number of aliphatic hydroxyl groups excluding tert-OH is 2. The van der Waals surface area contributed by atoms with Crippen LogP contribution in [0.25, 0.3) is 0 Å². The Balaban J connectivity index is 1.80. The van der Waals surface area contributed by atoms with E-state index in [1.165, 1.54) is 0 Å². The maximum Gasteiger partial charge on any atom is 0.338 e. The van der Waals surface area contributed by atoms with Crippen molar-refractivity contribution in [3.63, 3.8) is 0 Å². The summed E-state index contributed by atoms with van der Waals surface area (Å²) in [4.78, 5) is 25.1. The van der Waals surface area contributed by atoms with E-state index in [0.29, 0.717) is 11.1 Å². The van der Waals surface area contributed by atoms with Crippen LogP contribution in [0.1, 0.15) is 41.5 Å². The third-order valence-electron chi connectivity index (χ3n) is 6.51. The number of hydrogen-bond donors (Lipinski definition) is 2. The third kappa shape index (κ3) is 6.56. The second-order valence-electron chi connectivity index (χ2n) is 10.1. The summed E-state index contributed by atoms with van der Waals surface area (Å²) >= 11 is 0. The van der Waals surface area contributed by atoms with E-state index in [1.54, 1.807) is 60.7 Å². The summed E-state index contributed by atoms with van der Waals surface area (Å²) in [5, 5.41) is 21.8. The molecule has 8 nitrogen and oxygen atoms in total. The summed E-state index contributed by atoms with van der Waals surface area (Å²) in [6, 6.07) is 16.7. The van der Waals surface area contributed by atoms with Gasteiger partial charge in [-0.2, -0.15) is 0 Å². The smallest absolute Gasteiger partial charge is 0.338 e. The largest absolute Gasteiger partial charge is 0.459 e. The van der Waals surface area contributed by atoms with E-state index in [2.05, 4.69) is 0 Å². The van der Waals surface area contributed by atoms with Crippen molar-refractivity contribution in [2.24, 2.45) is 0 Å². The quantitative estimate of drug-likeness (QED) is 0.437. The van der Waals surface area contributed by atoms with E-state index in [4.69, 9.17) is 18.6 Å². The monoisotopic (exact) mass is 502 g/mol. The van der Waals surface area contributed by atoms with E-state index in [9.17, 15) is 19.8 Å². The van der Waals surface area contributed by atoms with Gasteiger partial charge >= 0.3 is 11.9 Å². The van der Waals surface area contributed by atoms with Crippen molar-refractivity contribution in [2.75, 3.05) is 6.61 Å². The SMILES string of the molecule is CC(C)(C)[Si](C)(C)O[C@H]1[C@H](O)[C@@H](COC(=O)c2ccccc2)O[C@H](O)[C@@H]1OC(=O)c1ccccc1. The van der Waals surface area contributed by atoms with Gasteiger partial charge in [0.1, 0.15) is 24.9 Å². The fraction of sp³-hybridized carbons (Fsp3) is 0.462. The van der Waals surface area contributed by atoms with E-state index in [0.717, 1.165) is 0 Å². The first-order valence-electron chi connectivity index (χ1n) is 11.6. The molecule has 0 saturated carbocycles. The maximum absolute atomic E-state index is 12.7. The Hall–Kier alpha value is -2.56. The van der Waals surface area contributed by atoms with Gasteiger partial charge in [0.25, 0.3) is 0 Å². The summed E-state index contributed by atoms with van der Waals surface area (Å²) in [5.74, 6) is -1.27. The molecular formula is C26H34O8Si. The van der Waals surface area contributed by atoms with Crippen LogP contribution in [0, 0.1) is 0 Å². The van der Waals surface area contributed by atoms with Crippen LogP contribution in [0.15, 0.2) is 60.7 Å². The fourth-order valence-electron chi connectivity index (χ4n) is 3.40. The molecule has 190 valence electrons. The Morgan fingerprint density at radius 3 is 1.91 bits per heavy atom. The number of carbonyl (C=O) groups excluding carboxylic acids is 2. The highest BCUT2D eigenvalue weighted by molar-refractivity contribution is 6.74. The van der Waals surface area contributed by atoms with Gasteiger partial charge in [-0.15, -0.1) is 0 Å². The van der Waals surface area contributed by atoms with Gasteiger partial charge in [0.15, 0.2) is 20.7 Å². The van der Waals surface area contributed by atoms with E-state index < -0.39 is 51.0 Å². The molecule has 0 amide bonds. The minimum atomic E-state index is -2.49. The highest BCUT2D eigenvalue weighted by Gasteiger charge is 2.52. The first-order chi connectivity index (χ1) is 16.4. The lowest BCUT2D eigenvalue weighted by Gasteiger charge is -2.47. The van der Waals surface area contributed by atoms with Gasteiger partial charge in [0.2, 0.25) is 0 Å². The maximum atomic E-state index is 12.7. The topological polar surface area (TPSA) is 112 Å². The van der Waals surface area contributed by atoms with Crippen LogP contribution in [0.5, 0.6) is 0 Å². The molecule has 0 spiro atoms. The Morgan fingerprint density at radius 1 is 0.886 bits per heavy atom. The number of hydrogen-bond acceptors (Lipinski definition) is 8. The molecular weight excluding hydrogens is 468 g/mol. The summed E-state index contributed by atoms with van der Waals surface area (Å²) < 4.78 is 22.9. The molecule has 1 aliphatic rings. The van der Waals surface area contributed by atoms with Crippen LogP contribution in [-0.4, -0.2) is 67.8 Å². The fourth-order valence-corrected chi connectivity index (χ4v) is 4.71. The second-order valence-corrected chi connectivity index (χ2v) is 14.9. The highest BCUT2D eigenvalue weighted by atomic mass is 28.4. The predicted molar refractivity (Wildman–Crippen MR) is 131 cm³/mol. The molecule has 1 heterocycles. The Bertz CT molecular complexity index is 989. The average molecular weight is 503 g/mol. The zero-order valence-electron chi connectivity index (χ0n) is 20.7. The first kappa shape index (κ1) is 27.0. The molecule has 0 bridgehead atoms. The molecule has 1 aliphatic heterocycles. The normalized spacial score (nSPS) is 25.1. The highest BCUT2D eigenvalue weighted by Crippen LogP contribution is 2.40. The van der Waals surface area contributed by atoms with Crippen molar-refractivity contribution < 1.29 is 38.4 Å². The van der Waals surface area contributed by atoms with Crippen LogP contribution >= 0.6 is 0 Å². The Morgan fingerprint density at radius 2 is 1.40 bits per heavy atom. The van der Waals surface area contributed by atoms with Crippen LogP contribution in [0.3, 0.4) is 0 Å². The number of carbonyl (C=O) groups is 2. The van der Waals surface area contributed by atoms with Crippen molar-refractivity contribution in [3.8, 4) is 0 Å². The summed E-state index contributed by atoms with van der Waals surface area (Å²) in [5.41, 5.74) is 0.640. The zero-order chi connectivity index (χ0) is 25.8. The molecule has 2 aromatic carbocycles. The number of esters is 2. The van der Waals surface area contributed by atoms with Crippen LogP contribution in [0.2, 0.25) is 18.1 Å². The molecule has 2 N–H and O–H groups in total. The number of benzene rings is 2. The van der Waals surface area contributed by atoms with Gasteiger partial charge in [0.05, 0.1) is 11.1 Å². The van der Waals surface area contributed by atoms with E-state index in [-0.39, 0.29) is 11.6 Å². The molecule has 2 aromatic rings. The van der Waals surface area contributed by atoms with Crippen LogP contribution in [-0.2, 0) is 18.6 Å². The molecule has 1 fully saturated rings. The van der Waals surface area contributed by atoms with Crippen LogP contribution in [0.4, 0.5) is 0 Å². The molecule has 0 radical (unpaired) electrons. The van der Waals surface area contributed by atoms with Gasteiger partial charge in [-0.05, 0) is 42.4 Å². The van der Waals surface area contributed by atoms with Gasteiger partial charge in [-0.1, -0.05) is 57.2 Å². The summed E-state index contributed by atoms with van der Waals surface area (Å²) in [7, 11) is -2.49. The zero-order valence-corrected chi connectivity index (χ0v) is 21.7. The molecule has 1 saturated heterocycles. The van der Waals surface area contributed by atoms with Crippen molar-refractivity contribution in [1.82, 2.24) is 0 Å². The van der Waals surface area contributed by atoms with Crippen molar-refractivity contribution in [2.45, 2.75) is 69.6 Å². The van der Waals surface area contributed by atoms with Crippen molar-refractivity contribution >= 4 is 20.3 Å². The lowest BCUT2D eigenvalue weighted by atomic mass is 9.99. The molecule has 0 aliphatic carbocycles. The number of rotatable bonds is 7. The molecule has 5 atom stereocenters. The third-order valence-corrected chi connectivity index (χ3v) is 11.0. The number of ether oxygens (including phenoxy) is 3. The van der Waals surface area contributed by atoms with Gasteiger partial charge in [0, 0.05) is 0 Å². The number of aliphatic hydroxyl groups is 2. The molecule has 3 rings (SSSR count). The van der Waals surface area contributed by atoms with Gasteiger partial charge in [-0.25, -0.2) is 9.59 Å². The first-order valence-corrected chi connectivity index (χ1v) is 14.5. The molecule has 0 aromatic heterocycles. The summed E-state index contributed by atoms with van der Waals surface area (Å²) in [6.07, 6.45) is -6.38. The molecule has 0 unspecified atom stereocenters. The van der Waals surface area contributed by atoms with Crippen molar-refractivity contribution in [3.05, 3.63) is 71.8 Å². The molecule has 35 heavy (non-hydrogen) atoms. The standard InChI is InChI=1S/C26H34O8Si/c1-26(2,3)35(4,5)34-21-20(27)19(16-31-23(28)17-12-8-6-9-13-17)32-25(30)22(21)33-24(29)18-14-10-7-11-15-18/h6-15,19-22,25,27,30H,16H2,1-5H3/t19-,20-,21+,22-,25+/m1/s1. The Kier molecular flexibility index (Phi) is 8.50. The second kappa shape index (κ2) is 11.0. The average Bonchev–Trinajstić information content (AvgIpc) is 2.82. The van der Waals surface area contributed by atoms with E-state index >= 15 is 0 Å². The molecule has 9 heteroatoms. The minimum Gasteiger partial charge on any atom is -0.459 e.